The highest BCUT2D eigenvalue weighted by molar-refractivity contribution is 5.85. The van der Waals surface area contributed by atoms with Gasteiger partial charge in [-0.2, -0.15) is 19.0 Å². The van der Waals surface area contributed by atoms with Crippen LogP contribution >= 0.6 is 12.4 Å². The molecule has 0 unspecified atom stereocenters. The van der Waals surface area contributed by atoms with E-state index < -0.39 is 6.55 Å². The van der Waals surface area contributed by atoms with E-state index in [0.29, 0.717) is 22.6 Å². The maximum Gasteiger partial charge on any atom is 0.333 e. The van der Waals surface area contributed by atoms with E-state index in [4.69, 9.17) is 0 Å². The van der Waals surface area contributed by atoms with Crippen LogP contribution in [-0.4, -0.2) is 19.6 Å². The molecule has 0 spiro atoms. The summed E-state index contributed by atoms with van der Waals surface area (Å²) in [7, 11) is 0. The average Bonchev–Trinajstić information content (AvgIpc) is 2.90. The molecule has 0 aromatic carbocycles. The zero-order valence-electron chi connectivity index (χ0n) is 11.6. The normalized spacial score (nSPS) is 10.7. The van der Waals surface area contributed by atoms with Crippen molar-refractivity contribution < 1.29 is 8.78 Å². The Labute approximate surface area is 122 Å². The summed E-state index contributed by atoms with van der Waals surface area (Å²) < 4.78 is 27.5. The van der Waals surface area contributed by atoms with E-state index in [2.05, 4.69) is 15.5 Å². The van der Waals surface area contributed by atoms with Crippen molar-refractivity contribution >= 4 is 18.1 Å². The van der Waals surface area contributed by atoms with Gasteiger partial charge >= 0.3 is 6.55 Å². The summed E-state index contributed by atoms with van der Waals surface area (Å²) in [4.78, 5) is 0. The van der Waals surface area contributed by atoms with Crippen molar-refractivity contribution in [3.8, 4) is 0 Å². The minimum absolute atomic E-state index is 0. The molecule has 2 aromatic heterocycles. The number of anilines is 1. The summed E-state index contributed by atoms with van der Waals surface area (Å²) in [5.41, 5.74) is 3.16. The van der Waals surface area contributed by atoms with Crippen molar-refractivity contribution in [2.45, 2.75) is 40.4 Å². The van der Waals surface area contributed by atoms with Gasteiger partial charge in [-0.25, -0.2) is 4.68 Å². The molecule has 0 fully saturated rings. The van der Waals surface area contributed by atoms with Gasteiger partial charge in [0.25, 0.3) is 0 Å². The summed E-state index contributed by atoms with van der Waals surface area (Å²) >= 11 is 0. The molecule has 0 aliphatic rings. The summed E-state index contributed by atoms with van der Waals surface area (Å²) in [6, 6.07) is 0. The number of aryl methyl sites for hydroxylation is 3. The molecule has 2 heterocycles. The van der Waals surface area contributed by atoms with Crippen molar-refractivity contribution in [3.63, 3.8) is 0 Å². The number of hydrogen-bond acceptors (Lipinski definition) is 3. The minimum Gasteiger partial charge on any atom is -0.378 e. The lowest BCUT2D eigenvalue weighted by atomic mass is 10.2. The van der Waals surface area contributed by atoms with Gasteiger partial charge in [-0.3, -0.25) is 4.68 Å². The van der Waals surface area contributed by atoms with Gasteiger partial charge in [0, 0.05) is 24.8 Å². The second-order valence-electron chi connectivity index (χ2n) is 4.33. The largest absolute Gasteiger partial charge is 0.378 e. The topological polar surface area (TPSA) is 47.7 Å². The van der Waals surface area contributed by atoms with Gasteiger partial charge in [0.1, 0.15) is 0 Å². The Kier molecular flexibility index (Phi) is 5.50. The molecule has 0 aliphatic heterocycles. The van der Waals surface area contributed by atoms with Crippen LogP contribution in [0.3, 0.4) is 0 Å². The smallest absolute Gasteiger partial charge is 0.333 e. The lowest BCUT2D eigenvalue weighted by molar-refractivity contribution is 0.0563. The first-order valence-corrected chi connectivity index (χ1v) is 6.12. The van der Waals surface area contributed by atoms with E-state index in [1.807, 2.05) is 24.7 Å². The Morgan fingerprint density at radius 1 is 1.20 bits per heavy atom. The Balaban J connectivity index is 0.00000200. The van der Waals surface area contributed by atoms with Crippen LogP contribution in [0.15, 0.2) is 12.4 Å². The average molecular weight is 306 g/mol. The quantitative estimate of drug-likeness (QED) is 0.923. The van der Waals surface area contributed by atoms with Crippen LogP contribution in [0.4, 0.5) is 14.5 Å². The van der Waals surface area contributed by atoms with Gasteiger partial charge in [-0.1, -0.05) is 0 Å². The summed E-state index contributed by atoms with van der Waals surface area (Å²) in [5.74, 6) is 0. The van der Waals surface area contributed by atoms with Crippen LogP contribution < -0.4 is 5.32 Å². The molecular weight excluding hydrogens is 288 g/mol. The minimum atomic E-state index is -2.61. The molecule has 20 heavy (non-hydrogen) atoms. The molecule has 0 saturated carbocycles. The monoisotopic (exact) mass is 305 g/mol. The Morgan fingerprint density at radius 2 is 1.90 bits per heavy atom. The third-order valence-corrected chi connectivity index (χ3v) is 2.96. The lowest BCUT2D eigenvalue weighted by Crippen LogP contribution is -2.00. The number of hydrogen-bond donors (Lipinski definition) is 1. The fourth-order valence-corrected chi connectivity index (χ4v) is 1.84. The predicted octanol–water partition coefficient (Wildman–Crippen LogP) is 3.15. The van der Waals surface area contributed by atoms with E-state index in [9.17, 15) is 8.78 Å². The van der Waals surface area contributed by atoms with Gasteiger partial charge < -0.3 is 5.32 Å². The third kappa shape index (κ3) is 3.47. The molecule has 5 nitrogen and oxygen atoms in total. The molecule has 0 radical (unpaired) electrons. The number of alkyl halides is 2. The maximum absolute atomic E-state index is 12.5. The van der Waals surface area contributed by atoms with Gasteiger partial charge in [0.2, 0.25) is 0 Å². The van der Waals surface area contributed by atoms with E-state index in [0.717, 1.165) is 17.8 Å². The standard InChI is InChI=1S/C12H17F2N5.ClH/c1-4-18-6-10(8(2)16-18)5-15-11-7-19(12(13)14)17-9(11)3;/h6-7,12,15H,4-5H2,1-3H3;1H. The lowest BCUT2D eigenvalue weighted by Gasteiger charge is -2.03. The number of nitrogens with zero attached hydrogens (tertiary/aromatic N) is 4. The van der Waals surface area contributed by atoms with Gasteiger partial charge in [-0.05, 0) is 20.8 Å². The van der Waals surface area contributed by atoms with Crippen molar-refractivity contribution in [1.82, 2.24) is 19.6 Å². The summed E-state index contributed by atoms with van der Waals surface area (Å²) in [6.07, 6.45) is 3.27. The number of halogens is 3. The molecule has 2 aromatic rings. The zero-order valence-corrected chi connectivity index (χ0v) is 12.4. The molecule has 1 N–H and O–H groups in total. The fourth-order valence-electron chi connectivity index (χ4n) is 1.84. The molecule has 2 rings (SSSR count). The van der Waals surface area contributed by atoms with E-state index in [-0.39, 0.29) is 12.4 Å². The first kappa shape index (κ1) is 16.4. The number of nitrogens with one attached hydrogen (secondary N) is 1. The molecule has 0 bridgehead atoms. The maximum atomic E-state index is 12.5. The van der Waals surface area contributed by atoms with E-state index in [1.54, 1.807) is 6.92 Å². The fraction of sp³-hybridized carbons (Fsp3) is 0.500. The molecule has 0 atom stereocenters. The van der Waals surface area contributed by atoms with Crippen LogP contribution in [-0.2, 0) is 13.1 Å². The second kappa shape index (κ2) is 6.69. The van der Waals surface area contributed by atoms with E-state index >= 15 is 0 Å². The SMILES string of the molecule is CCn1cc(CNc2cn(C(F)F)nc2C)c(C)n1.Cl. The van der Waals surface area contributed by atoms with Crippen molar-refractivity contribution in [3.05, 3.63) is 29.3 Å². The van der Waals surface area contributed by atoms with Gasteiger partial charge in [0.15, 0.2) is 0 Å². The molecule has 8 heteroatoms. The third-order valence-electron chi connectivity index (χ3n) is 2.96. The molecule has 112 valence electrons. The first-order valence-electron chi connectivity index (χ1n) is 6.12. The van der Waals surface area contributed by atoms with Crippen molar-refractivity contribution in [2.75, 3.05) is 5.32 Å². The molecular formula is C12H18ClF2N5. The zero-order chi connectivity index (χ0) is 14.0. The number of aromatic nitrogens is 4. The highest BCUT2D eigenvalue weighted by atomic mass is 35.5. The molecule has 0 saturated heterocycles. The highest BCUT2D eigenvalue weighted by Gasteiger charge is 2.11. The molecule has 0 amide bonds. The van der Waals surface area contributed by atoms with Crippen LogP contribution in [0.1, 0.15) is 30.4 Å². The first-order chi connectivity index (χ1) is 9.01. The van der Waals surface area contributed by atoms with Crippen LogP contribution in [0.5, 0.6) is 0 Å². The predicted molar refractivity (Wildman–Crippen MR) is 75.4 cm³/mol. The Bertz CT molecular complexity index is 564. The number of rotatable bonds is 5. The van der Waals surface area contributed by atoms with Crippen molar-refractivity contribution in [2.24, 2.45) is 0 Å². The van der Waals surface area contributed by atoms with Crippen LogP contribution in [0.25, 0.3) is 0 Å². The van der Waals surface area contributed by atoms with Crippen LogP contribution in [0.2, 0.25) is 0 Å². The van der Waals surface area contributed by atoms with E-state index in [1.165, 1.54) is 6.20 Å². The Hall–Kier alpha value is -1.63. The van der Waals surface area contributed by atoms with Crippen LogP contribution in [0, 0.1) is 13.8 Å². The van der Waals surface area contributed by atoms with Crippen molar-refractivity contribution in [1.29, 1.82) is 0 Å². The Morgan fingerprint density at radius 3 is 2.40 bits per heavy atom. The van der Waals surface area contributed by atoms with Gasteiger partial charge in [0.05, 0.1) is 23.3 Å². The molecule has 0 aliphatic carbocycles. The summed E-state index contributed by atoms with van der Waals surface area (Å²) in [6.45, 7) is 4.38. The second-order valence-corrected chi connectivity index (χ2v) is 4.33. The van der Waals surface area contributed by atoms with Gasteiger partial charge in [-0.15, -0.1) is 12.4 Å². The highest BCUT2D eigenvalue weighted by Crippen LogP contribution is 2.19. The summed E-state index contributed by atoms with van der Waals surface area (Å²) in [5, 5.41) is 11.2.